The van der Waals surface area contributed by atoms with Crippen LogP contribution in [0.2, 0.25) is 5.02 Å². The van der Waals surface area contributed by atoms with E-state index in [0.717, 1.165) is 12.8 Å². The summed E-state index contributed by atoms with van der Waals surface area (Å²) in [5, 5.41) is 0.366. The van der Waals surface area contributed by atoms with E-state index in [1.165, 1.54) is 17.5 Å². The third kappa shape index (κ3) is 3.74. The van der Waals surface area contributed by atoms with Gasteiger partial charge in [-0.1, -0.05) is 18.5 Å². The van der Waals surface area contributed by atoms with Crippen LogP contribution < -0.4 is 4.74 Å². The summed E-state index contributed by atoms with van der Waals surface area (Å²) in [4.78, 5) is 0.0978. The summed E-state index contributed by atoms with van der Waals surface area (Å²) in [6, 6.07) is 4.61. The molecule has 1 aromatic carbocycles. The Morgan fingerprint density at radius 3 is 2.59 bits per heavy atom. The number of nitrogens with zero attached hydrogens (tertiary/aromatic N) is 1. The Hall–Kier alpha value is -0.820. The highest BCUT2D eigenvalue weighted by Crippen LogP contribution is 2.34. The maximum absolute atomic E-state index is 12.8. The van der Waals surface area contributed by atoms with Crippen LogP contribution in [0.3, 0.4) is 0 Å². The summed E-state index contributed by atoms with van der Waals surface area (Å²) in [7, 11) is -0.619. The summed E-state index contributed by atoms with van der Waals surface area (Å²) in [6.07, 6.45) is 1.69. The Bertz CT molecular complexity index is 626. The van der Waals surface area contributed by atoms with Gasteiger partial charge in [0.15, 0.2) is 0 Å². The molecule has 1 saturated heterocycles. The number of sulfonamides is 1. The Balaban J connectivity index is 2.27. The van der Waals surface area contributed by atoms with Crippen LogP contribution in [0.5, 0.6) is 5.75 Å². The zero-order valence-electron chi connectivity index (χ0n) is 13.1. The first kappa shape index (κ1) is 17.5. The predicted octanol–water partition coefficient (Wildman–Crippen LogP) is 2.79. The largest absolute Gasteiger partial charge is 0.495 e. The highest BCUT2D eigenvalue weighted by molar-refractivity contribution is 7.89. The molecule has 0 atom stereocenters. The molecule has 0 bridgehead atoms. The van der Waals surface area contributed by atoms with E-state index in [1.54, 1.807) is 19.2 Å². The lowest BCUT2D eigenvalue weighted by Crippen LogP contribution is -2.40. The number of hydrogen-bond acceptors (Lipinski definition) is 4. The SMILES string of the molecule is COc1ccc(Cl)cc1S(=O)(=O)N(C)CC1(C)CCOCC1. The normalized spacial score (nSPS) is 18.4. The summed E-state index contributed by atoms with van der Waals surface area (Å²) in [5.41, 5.74) is -0.0775. The zero-order valence-corrected chi connectivity index (χ0v) is 14.7. The monoisotopic (exact) mass is 347 g/mol. The third-order valence-corrected chi connectivity index (χ3v) is 6.18. The van der Waals surface area contributed by atoms with Gasteiger partial charge >= 0.3 is 0 Å². The molecule has 1 heterocycles. The molecule has 0 aliphatic carbocycles. The first-order valence-electron chi connectivity index (χ1n) is 7.16. The molecule has 7 heteroatoms. The smallest absolute Gasteiger partial charge is 0.246 e. The fourth-order valence-electron chi connectivity index (χ4n) is 2.66. The minimum Gasteiger partial charge on any atom is -0.495 e. The van der Waals surface area contributed by atoms with Crippen LogP contribution in [0.15, 0.2) is 23.1 Å². The molecule has 5 nitrogen and oxygen atoms in total. The van der Waals surface area contributed by atoms with E-state index in [-0.39, 0.29) is 10.3 Å². The minimum absolute atomic E-state index is 0.0775. The van der Waals surface area contributed by atoms with Gasteiger partial charge in [0.25, 0.3) is 0 Å². The zero-order chi connectivity index (χ0) is 16.4. The van der Waals surface area contributed by atoms with Gasteiger partial charge in [-0.2, -0.15) is 0 Å². The van der Waals surface area contributed by atoms with Gasteiger partial charge in [-0.15, -0.1) is 0 Å². The van der Waals surface area contributed by atoms with E-state index in [9.17, 15) is 8.42 Å². The summed E-state index contributed by atoms with van der Waals surface area (Å²) >= 11 is 5.95. The topological polar surface area (TPSA) is 55.8 Å². The van der Waals surface area contributed by atoms with Crippen LogP contribution in [0, 0.1) is 5.41 Å². The molecule has 0 amide bonds. The fourth-order valence-corrected chi connectivity index (χ4v) is 4.40. The van der Waals surface area contributed by atoms with Crippen LogP contribution in [0.25, 0.3) is 0 Å². The molecule has 2 rings (SSSR count). The van der Waals surface area contributed by atoms with E-state index in [4.69, 9.17) is 21.1 Å². The quantitative estimate of drug-likeness (QED) is 0.821. The average molecular weight is 348 g/mol. The number of methoxy groups -OCH3 is 1. The first-order valence-corrected chi connectivity index (χ1v) is 8.98. The van der Waals surface area contributed by atoms with Gasteiger partial charge in [-0.25, -0.2) is 12.7 Å². The Labute approximate surface area is 137 Å². The lowest BCUT2D eigenvalue weighted by Gasteiger charge is -2.36. The van der Waals surface area contributed by atoms with Crippen molar-refractivity contribution in [1.29, 1.82) is 0 Å². The van der Waals surface area contributed by atoms with Crippen molar-refractivity contribution in [3.05, 3.63) is 23.2 Å². The molecule has 1 aliphatic rings. The Morgan fingerprint density at radius 2 is 2.00 bits per heavy atom. The van der Waals surface area contributed by atoms with Crippen LogP contribution >= 0.6 is 11.6 Å². The van der Waals surface area contributed by atoms with E-state index < -0.39 is 10.0 Å². The van der Waals surface area contributed by atoms with E-state index in [0.29, 0.717) is 30.5 Å². The average Bonchev–Trinajstić information content (AvgIpc) is 2.47. The van der Waals surface area contributed by atoms with E-state index in [1.807, 2.05) is 0 Å². The standard InChI is InChI=1S/C15H22ClNO4S/c1-15(6-8-21-9-7-15)11-17(2)22(18,19)14-10-12(16)4-5-13(14)20-3/h4-5,10H,6-9,11H2,1-3H3. The molecular weight excluding hydrogens is 326 g/mol. The fraction of sp³-hybridized carbons (Fsp3) is 0.600. The Morgan fingerprint density at radius 1 is 1.36 bits per heavy atom. The van der Waals surface area contributed by atoms with E-state index >= 15 is 0 Å². The van der Waals surface area contributed by atoms with Gasteiger partial charge in [-0.05, 0) is 36.5 Å². The lowest BCUT2D eigenvalue weighted by molar-refractivity contribution is 0.0174. The maximum atomic E-state index is 12.8. The van der Waals surface area contributed by atoms with Gasteiger partial charge in [0, 0.05) is 31.8 Å². The lowest BCUT2D eigenvalue weighted by atomic mass is 9.82. The first-order chi connectivity index (χ1) is 10.3. The molecule has 22 heavy (non-hydrogen) atoms. The number of benzene rings is 1. The van der Waals surface area contributed by atoms with Gasteiger partial charge in [0.2, 0.25) is 10.0 Å². The maximum Gasteiger partial charge on any atom is 0.246 e. The van der Waals surface area contributed by atoms with Crippen LogP contribution in [-0.4, -0.2) is 46.6 Å². The summed E-state index contributed by atoms with van der Waals surface area (Å²) < 4.78 is 37.6. The molecule has 124 valence electrons. The molecule has 1 aromatic rings. The van der Waals surface area contributed by atoms with Crippen molar-refractivity contribution in [2.24, 2.45) is 5.41 Å². The van der Waals surface area contributed by atoms with Crippen LogP contribution in [0.1, 0.15) is 19.8 Å². The Kier molecular flexibility index (Phi) is 5.37. The second-order valence-corrected chi connectivity index (χ2v) is 8.43. The molecule has 1 fully saturated rings. The molecular formula is C15H22ClNO4S. The van der Waals surface area contributed by atoms with Crippen molar-refractivity contribution >= 4 is 21.6 Å². The highest BCUT2D eigenvalue weighted by Gasteiger charge is 2.34. The second-order valence-electron chi connectivity index (χ2n) is 5.98. The number of hydrogen-bond donors (Lipinski definition) is 0. The molecule has 0 spiro atoms. The van der Waals surface area contributed by atoms with Crippen molar-refractivity contribution in [1.82, 2.24) is 4.31 Å². The van der Waals surface area contributed by atoms with Crippen molar-refractivity contribution in [3.63, 3.8) is 0 Å². The van der Waals surface area contributed by atoms with Gasteiger partial charge < -0.3 is 9.47 Å². The molecule has 0 N–H and O–H groups in total. The summed E-state index contributed by atoms with van der Waals surface area (Å²) in [6.45, 7) is 3.88. The number of rotatable bonds is 5. The highest BCUT2D eigenvalue weighted by atomic mass is 35.5. The molecule has 0 unspecified atom stereocenters. The number of ether oxygens (including phenoxy) is 2. The predicted molar refractivity (Wildman–Crippen MR) is 86.0 cm³/mol. The van der Waals surface area contributed by atoms with Gasteiger partial charge in [-0.3, -0.25) is 0 Å². The molecule has 1 aliphatic heterocycles. The van der Waals surface area contributed by atoms with Crippen molar-refractivity contribution in [2.75, 3.05) is 33.9 Å². The van der Waals surface area contributed by atoms with Gasteiger partial charge in [0.1, 0.15) is 10.6 Å². The van der Waals surface area contributed by atoms with Crippen molar-refractivity contribution < 1.29 is 17.9 Å². The van der Waals surface area contributed by atoms with Crippen molar-refractivity contribution in [2.45, 2.75) is 24.7 Å². The van der Waals surface area contributed by atoms with Crippen molar-refractivity contribution in [3.8, 4) is 5.75 Å². The third-order valence-electron chi connectivity index (χ3n) is 4.12. The van der Waals surface area contributed by atoms with Gasteiger partial charge in [0.05, 0.1) is 7.11 Å². The summed E-state index contributed by atoms with van der Waals surface area (Å²) in [5.74, 6) is 0.299. The molecule has 0 saturated carbocycles. The second kappa shape index (κ2) is 6.74. The molecule has 0 aromatic heterocycles. The molecule has 0 radical (unpaired) electrons. The van der Waals surface area contributed by atoms with Crippen LogP contribution in [-0.2, 0) is 14.8 Å². The number of halogens is 1. The van der Waals surface area contributed by atoms with E-state index in [2.05, 4.69) is 6.92 Å². The minimum atomic E-state index is -3.66. The van der Waals surface area contributed by atoms with Crippen LogP contribution in [0.4, 0.5) is 0 Å².